The molecule has 40 heavy (non-hydrogen) atoms. The molecule has 2 atom stereocenters. The number of aryl methyl sites for hydroxylation is 2. The number of nitrogens with zero attached hydrogens (tertiary/aromatic N) is 2. The molecule has 2 amide bonds. The molecule has 3 aromatic rings. The highest BCUT2D eigenvalue weighted by atomic mass is 32.2. The van der Waals surface area contributed by atoms with Crippen LogP contribution in [0.2, 0.25) is 0 Å². The number of sulfonamides is 1. The Morgan fingerprint density at radius 1 is 0.950 bits per heavy atom. The molecule has 0 fully saturated rings. The van der Waals surface area contributed by atoms with Crippen molar-refractivity contribution in [2.24, 2.45) is 0 Å². The van der Waals surface area contributed by atoms with E-state index in [1.54, 1.807) is 30.3 Å². The van der Waals surface area contributed by atoms with Gasteiger partial charge in [0.1, 0.15) is 18.4 Å². The zero-order chi connectivity index (χ0) is 29.4. The number of carbonyl (C=O) groups is 2. The van der Waals surface area contributed by atoms with Crippen molar-refractivity contribution in [3.05, 3.63) is 101 Å². The third-order valence-electron chi connectivity index (χ3n) is 6.74. The quantitative estimate of drug-likeness (QED) is 0.342. The second-order valence-electron chi connectivity index (χ2n) is 10.3. The SMILES string of the molecule is CC[C@H](C)NC(=O)[C@@H](Cc1ccccc1)N(Cc1ccccc1F)C(=O)CN(c1cc(C)cc(C)c1)S(C)(=O)=O. The maximum absolute atomic E-state index is 14.8. The average Bonchev–Trinajstić information content (AvgIpc) is 2.89. The summed E-state index contributed by atoms with van der Waals surface area (Å²) in [4.78, 5) is 29.0. The summed E-state index contributed by atoms with van der Waals surface area (Å²) in [6.45, 7) is 6.75. The molecule has 0 saturated heterocycles. The molecule has 0 saturated carbocycles. The molecule has 214 valence electrons. The van der Waals surface area contributed by atoms with E-state index in [0.29, 0.717) is 12.1 Å². The van der Waals surface area contributed by atoms with Crippen molar-refractivity contribution >= 4 is 27.5 Å². The van der Waals surface area contributed by atoms with Crippen LogP contribution in [0.5, 0.6) is 0 Å². The molecular formula is C31H38FN3O4S. The predicted octanol–water partition coefficient (Wildman–Crippen LogP) is 4.76. The number of halogens is 1. The number of nitrogens with one attached hydrogen (secondary N) is 1. The number of anilines is 1. The normalized spacial score (nSPS) is 12.8. The first kappa shape index (κ1) is 30.8. The van der Waals surface area contributed by atoms with Gasteiger partial charge in [-0.25, -0.2) is 12.8 Å². The van der Waals surface area contributed by atoms with E-state index in [4.69, 9.17) is 0 Å². The molecule has 0 unspecified atom stereocenters. The van der Waals surface area contributed by atoms with Crippen LogP contribution in [0.15, 0.2) is 72.8 Å². The van der Waals surface area contributed by atoms with Gasteiger partial charge in [-0.2, -0.15) is 0 Å². The van der Waals surface area contributed by atoms with E-state index in [1.165, 1.54) is 11.0 Å². The molecule has 9 heteroatoms. The lowest BCUT2D eigenvalue weighted by Crippen LogP contribution is -2.54. The summed E-state index contributed by atoms with van der Waals surface area (Å²) in [5.74, 6) is -1.52. The first-order valence-corrected chi connectivity index (χ1v) is 15.2. The van der Waals surface area contributed by atoms with Gasteiger partial charge in [-0.15, -0.1) is 0 Å². The molecule has 0 radical (unpaired) electrons. The maximum Gasteiger partial charge on any atom is 0.244 e. The molecule has 3 rings (SSSR count). The highest BCUT2D eigenvalue weighted by molar-refractivity contribution is 7.92. The van der Waals surface area contributed by atoms with Crippen LogP contribution in [-0.2, 0) is 32.6 Å². The average molecular weight is 568 g/mol. The number of rotatable bonds is 12. The number of hydrogen-bond acceptors (Lipinski definition) is 4. The number of amides is 2. The van der Waals surface area contributed by atoms with Crippen molar-refractivity contribution < 1.29 is 22.4 Å². The smallest absolute Gasteiger partial charge is 0.244 e. The second kappa shape index (κ2) is 13.6. The van der Waals surface area contributed by atoms with Crippen molar-refractivity contribution in [2.45, 2.75) is 59.2 Å². The van der Waals surface area contributed by atoms with Gasteiger partial charge in [0, 0.05) is 24.6 Å². The summed E-state index contributed by atoms with van der Waals surface area (Å²) in [6, 6.07) is 19.4. The monoisotopic (exact) mass is 567 g/mol. The summed E-state index contributed by atoms with van der Waals surface area (Å²) in [6.07, 6.45) is 1.89. The fourth-order valence-corrected chi connectivity index (χ4v) is 5.35. The van der Waals surface area contributed by atoms with Crippen LogP contribution in [-0.4, -0.2) is 50.0 Å². The zero-order valence-electron chi connectivity index (χ0n) is 23.7. The summed E-state index contributed by atoms with van der Waals surface area (Å²) in [7, 11) is -3.88. The van der Waals surface area contributed by atoms with Gasteiger partial charge >= 0.3 is 0 Å². The van der Waals surface area contributed by atoms with Crippen molar-refractivity contribution in [3.8, 4) is 0 Å². The largest absolute Gasteiger partial charge is 0.352 e. The lowest BCUT2D eigenvalue weighted by Gasteiger charge is -2.34. The van der Waals surface area contributed by atoms with Crippen LogP contribution in [0.4, 0.5) is 10.1 Å². The Hall–Kier alpha value is -3.72. The van der Waals surface area contributed by atoms with Crippen LogP contribution < -0.4 is 9.62 Å². The van der Waals surface area contributed by atoms with Crippen LogP contribution >= 0.6 is 0 Å². The predicted molar refractivity (Wildman–Crippen MR) is 157 cm³/mol. The van der Waals surface area contributed by atoms with E-state index >= 15 is 0 Å². The van der Waals surface area contributed by atoms with Crippen LogP contribution in [0, 0.1) is 19.7 Å². The standard InChI is InChI=1S/C31H38FN3O4S/c1-6-24(4)33-31(37)29(19-25-12-8-7-9-13-25)34(20-26-14-10-11-15-28(26)32)30(36)21-35(40(5,38)39)27-17-22(2)16-23(3)18-27/h7-18,24,29H,6,19-21H2,1-5H3,(H,33,37)/t24-,29+/m0/s1. The van der Waals surface area contributed by atoms with Crippen molar-refractivity contribution in [3.63, 3.8) is 0 Å². The number of benzene rings is 3. The third-order valence-corrected chi connectivity index (χ3v) is 7.88. The molecule has 1 N–H and O–H groups in total. The number of hydrogen-bond donors (Lipinski definition) is 1. The summed E-state index contributed by atoms with van der Waals surface area (Å²) in [5, 5.41) is 2.96. The molecule has 0 aromatic heterocycles. The van der Waals surface area contributed by atoms with E-state index in [0.717, 1.165) is 27.3 Å². The van der Waals surface area contributed by atoms with Gasteiger partial charge in [-0.1, -0.05) is 61.5 Å². The van der Waals surface area contributed by atoms with Gasteiger partial charge < -0.3 is 10.2 Å². The summed E-state index contributed by atoms with van der Waals surface area (Å²) in [5.41, 5.74) is 3.07. The van der Waals surface area contributed by atoms with Gasteiger partial charge in [0.2, 0.25) is 21.8 Å². The molecule has 0 heterocycles. The highest BCUT2D eigenvalue weighted by Gasteiger charge is 2.34. The molecule has 0 spiro atoms. The fourth-order valence-electron chi connectivity index (χ4n) is 4.51. The Kier molecular flexibility index (Phi) is 10.5. The molecule has 0 bridgehead atoms. The van der Waals surface area contributed by atoms with E-state index in [1.807, 2.05) is 64.1 Å². The molecule has 0 aliphatic carbocycles. The van der Waals surface area contributed by atoms with Crippen LogP contribution in [0.3, 0.4) is 0 Å². The minimum atomic E-state index is -3.88. The van der Waals surface area contributed by atoms with Crippen LogP contribution in [0.1, 0.15) is 42.5 Å². The highest BCUT2D eigenvalue weighted by Crippen LogP contribution is 2.23. The van der Waals surface area contributed by atoms with Gasteiger partial charge in [-0.3, -0.25) is 13.9 Å². The fraction of sp³-hybridized carbons (Fsp3) is 0.355. The van der Waals surface area contributed by atoms with E-state index in [2.05, 4.69) is 5.32 Å². The van der Waals surface area contributed by atoms with E-state index < -0.39 is 34.3 Å². The topological polar surface area (TPSA) is 86.8 Å². The Morgan fingerprint density at radius 3 is 2.12 bits per heavy atom. The molecule has 7 nitrogen and oxygen atoms in total. The van der Waals surface area contributed by atoms with Crippen LogP contribution in [0.25, 0.3) is 0 Å². The van der Waals surface area contributed by atoms with Gasteiger partial charge in [0.25, 0.3) is 0 Å². The molecule has 3 aromatic carbocycles. The van der Waals surface area contributed by atoms with E-state index in [-0.39, 0.29) is 30.5 Å². The van der Waals surface area contributed by atoms with Gasteiger partial charge in [0.15, 0.2) is 0 Å². The second-order valence-corrected chi connectivity index (χ2v) is 12.2. The molecule has 0 aliphatic heterocycles. The first-order valence-electron chi connectivity index (χ1n) is 13.3. The lowest BCUT2D eigenvalue weighted by atomic mass is 10.0. The Morgan fingerprint density at radius 2 is 1.55 bits per heavy atom. The minimum absolute atomic E-state index is 0.154. The molecular weight excluding hydrogens is 529 g/mol. The Labute approximate surface area is 237 Å². The maximum atomic E-state index is 14.8. The van der Waals surface area contributed by atoms with E-state index in [9.17, 15) is 22.4 Å². The molecule has 0 aliphatic rings. The van der Waals surface area contributed by atoms with Gasteiger partial charge in [-0.05, 0) is 62.1 Å². The van der Waals surface area contributed by atoms with Crippen molar-refractivity contribution in [2.75, 3.05) is 17.1 Å². The zero-order valence-corrected chi connectivity index (χ0v) is 24.5. The lowest BCUT2D eigenvalue weighted by molar-refractivity contribution is -0.140. The summed E-state index contributed by atoms with van der Waals surface area (Å²) < 4.78 is 41.7. The third kappa shape index (κ3) is 8.39. The first-order chi connectivity index (χ1) is 18.9. The van der Waals surface area contributed by atoms with Gasteiger partial charge in [0.05, 0.1) is 11.9 Å². The van der Waals surface area contributed by atoms with Crippen molar-refractivity contribution in [1.29, 1.82) is 0 Å². The Balaban J connectivity index is 2.09. The minimum Gasteiger partial charge on any atom is -0.352 e. The Bertz CT molecular complexity index is 1410. The van der Waals surface area contributed by atoms with Crippen molar-refractivity contribution in [1.82, 2.24) is 10.2 Å². The summed E-state index contributed by atoms with van der Waals surface area (Å²) >= 11 is 0. The number of carbonyl (C=O) groups excluding carboxylic acids is 2.